The van der Waals surface area contributed by atoms with Crippen LogP contribution in [0.4, 0.5) is 4.39 Å². The van der Waals surface area contributed by atoms with Crippen molar-refractivity contribution in [3.63, 3.8) is 0 Å². The molecule has 0 spiro atoms. The zero-order valence-electron chi connectivity index (χ0n) is 12.8. The Morgan fingerprint density at radius 3 is 2.80 bits per heavy atom. The van der Waals surface area contributed by atoms with Gasteiger partial charge in [0.2, 0.25) is 5.82 Å². The van der Waals surface area contributed by atoms with Gasteiger partial charge in [0, 0.05) is 11.1 Å². The minimum absolute atomic E-state index is 0.188. The maximum atomic E-state index is 13.4. The van der Waals surface area contributed by atoms with Crippen LogP contribution in [0.15, 0.2) is 53.6 Å². The standard InChI is InChI=1S/C16H12ClFN6O/c17-13-7-3-2-6-12(13)16-21-23-24(22-16)10-15(25)20-19-9-11-5-1-4-8-14(11)18/h1-9H,10H2,(H,20,25)/b19-9-. The van der Waals surface area contributed by atoms with Crippen molar-refractivity contribution in [1.29, 1.82) is 0 Å². The van der Waals surface area contributed by atoms with Crippen LogP contribution >= 0.6 is 11.6 Å². The molecule has 0 aliphatic carbocycles. The summed E-state index contributed by atoms with van der Waals surface area (Å²) in [5.74, 6) is -0.591. The number of carbonyl (C=O) groups is 1. The molecule has 0 bridgehead atoms. The summed E-state index contributed by atoms with van der Waals surface area (Å²) < 4.78 is 13.4. The maximum absolute atomic E-state index is 13.4. The molecule has 0 unspecified atom stereocenters. The number of hydrogen-bond acceptors (Lipinski definition) is 5. The van der Waals surface area contributed by atoms with Gasteiger partial charge in [0.1, 0.15) is 12.4 Å². The molecular weight excluding hydrogens is 347 g/mol. The molecule has 1 heterocycles. The molecule has 2 aromatic carbocycles. The van der Waals surface area contributed by atoms with E-state index in [1.54, 1.807) is 42.5 Å². The molecule has 0 atom stereocenters. The highest BCUT2D eigenvalue weighted by Crippen LogP contribution is 2.23. The van der Waals surface area contributed by atoms with Crippen LogP contribution in [0.25, 0.3) is 11.4 Å². The number of amides is 1. The van der Waals surface area contributed by atoms with Crippen LogP contribution in [0.3, 0.4) is 0 Å². The largest absolute Gasteiger partial charge is 0.271 e. The molecule has 126 valence electrons. The molecule has 3 aromatic rings. The number of aromatic nitrogens is 4. The average molecular weight is 359 g/mol. The third-order valence-corrected chi connectivity index (χ3v) is 3.48. The summed E-state index contributed by atoms with van der Waals surface area (Å²) in [7, 11) is 0. The van der Waals surface area contributed by atoms with E-state index in [9.17, 15) is 9.18 Å². The van der Waals surface area contributed by atoms with Crippen molar-refractivity contribution in [2.45, 2.75) is 6.54 Å². The van der Waals surface area contributed by atoms with E-state index < -0.39 is 11.7 Å². The van der Waals surface area contributed by atoms with Crippen molar-refractivity contribution in [2.24, 2.45) is 5.10 Å². The van der Waals surface area contributed by atoms with Gasteiger partial charge in [-0.25, -0.2) is 9.82 Å². The second-order valence-corrected chi connectivity index (χ2v) is 5.35. The molecular formula is C16H12ClFN6O. The molecule has 25 heavy (non-hydrogen) atoms. The Balaban J connectivity index is 1.61. The highest BCUT2D eigenvalue weighted by Gasteiger charge is 2.11. The van der Waals surface area contributed by atoms with Gasteiger partial charge in [-0.1, -0.05) is 41.9 Å². The van der Waals surface area contributed by atoms with Crippen molar-refractivity contribution in [1.82, 2.24) is 25.6 Å². The Morgan fingerprint density at radius 1 is 1.24 bits per heavy atom. The van der Waals surface area contributed by atoms with Crippen molar-refractivity contribution < 1.29 is 9.18 Å². The smallest absolute Gasteiger partial charge is 0.263 e. The van der Waals surface area contributed by atoms with E-state index in [0.717, 1.165) is 4.80 Å². The molecule has 0 aliphatic rings. The summed E-state index contributed by atoms with van der Waals surface area (Å²) in [6.07, 6.45) is 1.22. The molecule has 1 amide bonds. The Kier molecular flexibility index (Phi) is 5.10. The average Bonchev–Trinajstić information content (AvgIpc) is 3.05. The monoisotopic (exact) mass is 358 g/mol. The van der Waals surface area contributed by atoms with Gasteiger partial charge in [0.15, 0.2) is 0 Å². The number of nitrogens with zero attached hydrogens (tertiary/aromatic N) is 5. The molecule has 0 fully saturated rings. The van der Waals surface area contributed by atoms with Crippen LogP contribution < -0.4 is 5.43 Å². The number of benzene rings is 2. The Morgan fingerprint density at radius 2 is 2.00 bits per heavy atom. The molecule has 0 saturated carbocycles. The fourth-order valence-corrected chi connectivity index (χ4v) is 2.20. The molecule has 1 N–H and O–H groups in total. The Bertz CT molecular complexity index is 926. The third-order valence-electron chi connectivity index (χ3n) is 3.15. The van der Waals surface area contributed by atoms with Crippen LogP contribution in [0.2, 0.25) is 5.02 Å². The van der Waals surface area contributed by atoms with Crippen molar-refractivity contribution >= 4 is 23.7 Å². The zero-order valence-corrected chi connectivity index (χ0v) is 13.6. The van der Waals surface area contributed by atoms with E-state index in [2.05, 4.69) is 25.9 Å². The molecule has 9 heteroatoms. The summed E-state index contributed by atoms with van der Waals surface area (Å²) in [6.45, 7) is -0.188. The predicted octanol–water partition coefficient (Wildman–Crippen LogP) is 2.28. The first-order valence-corrected chi connectivity index (χ1v) is 7.60. The molecule has 7 nitrogen and oxygen atoms in total. The quantitative estimate of drug-likeness (QED) is 0.560. The minimum atomic E-state index is -0.476. The number of carbonyl (C=O) groups excluding carboxylic acids is 1. The highest BCUT2D eigenvalue weighted by molar-refractivity contribution is 6.33. The van der Waals surface area contributed by atoms with Crippen LogP contribution in [0, 0.1) is 5.82 Å². The summed E-state index contributed by atoms with van der Waals surface area (Å²) in [5, 5.41) is 16.0. The van der Waals surface area contributed by atoms with E-state index >= 15 is 0 Å². The number of tetrazole rings is 1. The van der Waals surface area contributed by atoms with Gasteiger partial charge in [-0.3, -0.25) is 4.79 Å². The highest BCUT2D eigenvalue weighted by atomic mass is 35.5. The SMILES string of the molecule is O=C(Cn1nnc(-c2ccccc2Cl)n1)N/N=C\c1ccccc1F. The van der Waals surface area contributed by atoms with Crippen LogP contribution in [-0.4, -0.2) is 32.3 Å². The van der Waals surface area contributed by atoms with Crippen LogP contribution in [0.5, 0.6) is 0 Å². The van der Waals surface area contributed by atoms with Crippen molar-refractivity contribution in [3.8, 4) is 11.4 Å². The van der Waals surface area contributed by atoms with Gasteiger partial charge in [0.25, 0.3) is 5.91 Å². The van der Waals surface area contributed by atoms with E-state index in [1.807, 2.05) is 0 Å². The summed E-state index contributed by atoms with van der Waals surface area (Å²) >= 11 is 6.07. The number of hydrogen-bond donors (Lipinski definition) is 1. The van der Waals surface area contributed by atoms with Crippen molar-refractivity contribution in [2.75, 3.05) is 0 Å². The van der Waals surface area contributed by atoms with Crippen LogP contribution in [0.1, 0.15) is 5.56 Å². The lowest BCUT2D eigenvalue weighted by molar-refractivity contribution is -0.122. The molecule has 3 rings (SSSR count). The number of halogens is 2. The summed E-state index contributed by atoms with van der Waals surface area (Å²) in [4.78, 5) is 12.9. The van der Waals surface area contributed by atoms with Crippen molar-refractivity contribution in [3.05, 3.63) is 64.9 Å². The normalized spacial score (nSPS) is 11.0. The molecule has 0 aliphatic heterocycles. The molecule has 0 saturated heterocycles. The number of hydrazone groups is 1. The molecule has 0 radical (unpaired) electrons. The fourth-order valence-electron chi connectivity index (χ4n) is 1.98. The van der Waals surface area contributed by atoms with E-state index in [1.165, 1.54) is 12.3 Å². The first kappa shape index (κ1) is 16.7. The lowest BCUT2D eigenvalue weighted by Crippen LogP contribution is -2.24. The lowest BCUT2D eigenvalue weighted by atomic mass is 10.2. The summed E-state index contributed by atoms with van der Waals surface area (Å²) in [6, 6.07) is 13.1. The van der Waals surface area contributed by atoms with Gasteiger partial charge in [-0.2, -0.15) is 9.90 Å². The molecule has 1 aromatic heterocycles. The van der Waals surface area contributed by atoms with E-state index in [0.29, 0.717) is 16.4 Å². The van der Waals surface area contributed by atoms with E-state index in [4.69, 9.17) is 11.6 Å². The lowest BCUT2D eigenvalue weighted by Gasteiger charge is -1.99. The van der Waals surface area contributed by atoms with Gasteiger partial charge in [0.05, 0.1) is 11.2 Å². The minimum Gasteiger partial charge on any atom is -0.271 e. The fraction of sp³-hybridized carbons (Fsp3) is 0.0625. The van der Waals surface area contributed by atoms with Gasteiger partial charge in [-0.15, -0.1) is 10.2 Å². The Labute approximate surface area is 147 Å². The van der Waals surface area contributed by atoms with Gasteiger partial charge in [-0.05, 0) is 23.4 Å². The Hall–Kier alpha value is -3.13. The second-order valence-electron chi connectivity index (χ2n) is 4.94. The number of rotatable bonds is 5. The predicted molar refractivity (Wildman–Crippen MR) is 90.4 cm³/mol. The zero-order chi connectivity index (χ0) is 17.6. The topological polar surface area (TPSA) is 85.1 Å². The third kappa shape index (κ3) is 4.24. The summed E-state index contributed by atoms with van der Waals surface area (Å²) in [5.41, 5.74) is 3.16. The first-order valence-electron chi connectivity index (χ1n) is 7.22. The van der Waals surface area contributed by atoms with Gasteiger partial charge >= 0.3 is 0 Å². The van der Waals surface area contributed by atoms with E-state index in [-0.39, 0.29) is 12.1 Å². The number of nitrogens with one attached hydrogen (secondary N) is 1. The van der Waals surface area contributed by atoms with Gasteiger partial charge < -0.3 is 0 Å². The van der Waals surface area contributed by atoms with Crippen LogP contribution in [-0.2, 0) is 11.3 Å². The first-order chi connectivity index (χ1) is 12.1. The second kappa shape index (κ2) is 7.63. The maximum Gasteiger partial charge on any atom is 0.263 e.